The summed E-state index contributed by atoms with van der Waals surface area (Å²) in [5.74, 6) is -0.507. The molecule has 1 fully saturated rings. The number of pyridine rings is 1. The fourth-order valence-electron chi connectivity index (χ4n) is 5.20. The third-order valence-electron chi connectivity index (χ3n) is 6.81. The van der Waals surface area contributed by atoms with Gasteiger partial charge in [-0.25, -0.2) is 4.79 Å². The first kappa shape index (κ1) is 24.0. The molecule has 1 atom stereocenters. The van der Waals surface area contributed by atoms with Gasteiger partial charge in [0.2, 0.25) is 0 Å². The summed E-state index contributed by atoms with van der Waals surface area (Å²) >= 11 is 0. The second-order valence-corrected chi connectivity index (χ2v) is 10.6. The van der Waals surface area contributed by atoms with E-state index in [9.17, 15) is 14.4 Å². The first-order chi connectivity index (χ1) is 17.1. The number of hydrogen-bond donors (Lipinski definition) is 0. The van der Waals surface area contributed by atoms with E-state index in [0.29, 0.717) is 25.9 Å². The Balaban J connectivity index is 1.37. The number of hydrogen-bond acceptors (Lipinski definition) is 5. The predicted octanol–water partition coefficient (Wildman–Crippen LogP) is 4.20. The van der Waals surface area contributed by atoms with E-state index < -0.39 is 11.6 Å². The lowest BCUT2D eigenvalue weighted by Gasteiger charge is -2.28. The van der Waals surface area contributed by atoms with E-state index in [-0.39, 0.29) is 30.9 Å². The molecule has 4 heterocycles. The lowest BCUT2D eigenvalue weighted by atomic mass is 9.97. The highest BCUT2D eigenvalue weighted by atomic mass is 16.6. The van der Waals surface area contributed by atoms with Crippen LogP contribution < -0.4 is 0 Å². The van der Waals surface area contributed by atoms with Crippen LogP contribution in [0.4, 0.5) is 4.79 Å². The number of para-hydroxylation sites is 1. The Morgan fingerprint density at radius 1 is 1.14 bits per heavy atom. The van der Waals surface area contributed by atoms with Gasteiger partial charge in [-0.2, -0.15) is 0 Å². The van der Waals surface area contributed by atoms with E-state index in [1.807, 2.05) is 52.1 Å². The van der Waals surface area contributed by atoms with Gasteiger partial charge in [-0.15, -0.1) is 0 Å². The molecule has 3 amide bonds. The molecule has 2 aliphatic heterocycles. The van der Waals surface area contributed by atoms with Crippen molar-refractivity contribution in [3.05, 3.63) is 65.1 Å². The van der Waals surface area contributed by atoms with Crippen LogP contribution in [-0.4, -0.2) is 55.4 Å². The number of aromatic nitrogens is 2. The second kappa shape index (κ2) is 9.08. The minimum atomic E-state index is -0.556. The lowest BCUT2D eigenvalue weighted by Crippen LogP contribution is -2.40. The highest BCUT2D eigenvalue weighted by molar-refractivity contribution is 6.05. The van der Waals surface area contributed by atoms with Crippen molar-refractivity contribution in [2.24, 2.45) is 0 Å². The molecule has 36 heavy (non-hydrogen) atoms. The van der Waals surface area contributed by atoms with Crippen molar-refractivity contribution >= 4 is 28.8 Å². The Morgan fingerprint density at radius 3 is 2.64 bits per heavy atom. The third-order valence-corrected chi connectivity index (χ3v) is 6.81. The van der Waals surface area contributed by atoms with Gasteiger partial charge in [0, 0.05) is 54.4 Å². The molecule has 8 heteroatoms. The number of carbonyl (C=O) groups excluding carboxylic acids is 3. The highest BCUT2D eigenvalue weighted by Crippen LogP contribution is 2.37. The molecular weight excluding hydrogens is 456 g/mol. The molecule has 0 aliphatic carbocycles. The van der Waals surface area contributed by atoms with Crippen LogP contribution in [0.3, 0.4) is 0 Å². The predicted molar refractivity (Wildman–Crippen MR) is 135 cm³/mol. The van der Waals surface area contributed by atoms with Crippen LogP contribution in [0.1, 0.15) is 56.1 Å². The smallest absolute Gasteiger partial charge is 0.327 e. The molecule has 3 aromatic rings. The summed E-state index contributed by atoms with van der Waals surface area (Å²) in [5, 5.41) is 1.12. The average molecular weight is 489 g/mol. The zero-order valence-corrected chi connectivity index (χ0v) is 21.3. The van der Waals surface area contributed by atoms with E-state index >= 15 is 0 Å². The molecule has 0 N–H and O–H groups in total. The summed E-state index contributed by atoms with van der Waals surface area (Å²) in [4.78, 5) is 46.0. The molecule has 0 saturated carbocycles. The third kappa shape index (κ3) is 4.47. The van der Waals surface area contributed by atoms with E-state index in [2.05, 4.69) is 27.8 Å². The van der Waals surface area contributed by atoms with E-state index in [4.69, 9.17) is 4.74 Å². The second-order valence-electron chi connectivity index (χ2n) is 10.6. The van der Waals surface area contributed by atoms with Gasteiger partial charge in [0.25, 0.3) is 5.91 Å². The monoisotopic (exact) mass is 488 g/mol. The minimum absolute atomic E-state index is 0.166. The normalized spacial score (nSPS) is 17.5. The zero-order valence-electron chi connectivity index (χ0n) is 21.3. The quantitative estimate of drug-likeness (QED) is 0.383. The number of urea groups is 1. The summed E-state index contributed by atoms with van der Waals surface area (Å²) in [6, 6.07) is 11.5. The molecule has 0 unspecified atom stereocenters. The Morgan fingerprint density at radius 2 is 1.92 bits per heavy atom. The fourth-order valence-corrected chi connectivity index (χ4v) is 5.20. The molecule has 188 valence electrons. The Hall–Kier alpha value is -3.68. The van der Waals surface area contributed by atoms with Crippen LogP contribution in [0.25, 0.3) is 10.9 Å². The maximum Gasteiger partial charge on any atom is 0.327 e. The van der Waals surface area contributed by atoms with Gasteiger partial charge in [0.1, 0.15) is 11.6 Å². The van der Waals surface area contributed by atoms with Crippen LogP contribution in [0.2, 0.25) is 0 Å². The van der Waals surface area contributed by atoms with Crippen LogP contribution in [0.5, 0.6) is 0 Å². The number of rotatable bonds is 6. The molecule has 0 bridgehead atoms. The van der Waals surface area contributed by atoms with Gasteiger partial charge < -0.3 is 14.2 Å². The number of fused-ring (bicyclic) bond motifs is 4. The summed E-state index contributed by atoms with van der Waals surface area (Å²) in [5.41, 5.74) is 4.78. The number of ether oxygens (including phenoxy) is 1. The van der Waals surface area contributed by atoms with E-state index in [1.54, 1.807) is 4.90 Å². The summed E-state index contributed by atoms with van der Waals surface area (Å²) in [7, 11) is 0. The van der Waals surface area contributed by atoms with Gasteiger partial charge in [0.05, 0.1) is 6.54 Å². The van der Waals surface area contributed by atoms with Crippen LogP contribution in [-0.2, 0) is 33.8 Å². The fraction of sp³-hybridized carbons (Fsp3) is 0.429. The number of nitrogens with zero attached hydrogens (tertiary/aromatic N) is 4. The number of esters is 1. The van der Waals surface area contributed by atoms with Crippen molar-refractivity contribution < 1.29 is 19.1 Å². The first-order valence-electron chi connectivity index (χ1n) is 12.5. The molecule has 2 aromatic heterocycles. The van der Waals surface area contributed by atoms with Crippen molar-refractivity contribution in [1.82, 2.24) is 19.4 Å². The van der Waals surface area contributed by atoms with E-state index in [1.165, 1.54) is 4.90 Å². The minimum Gasteiger partial charge on any atom is -0.460 e. The number of amides is 3. The SMILES string of the molecule is Cc1ccc(Cn2c3c(c4ccccc42)C[C@H]2C(=O)N(CCCC(=O)OC(C)(C)C)C(=O)N2C3)cn1. The van der Waals surface area contributed by atoms with Gasteiger partial charge in [0.15, 0.2) is 0 Å². The summed E-state index contributed by atoms with van der Waals surface area (Å²) < 4.78 is 7.59. The summed E-state index contributed by atoms with van der Waals surface area (Å²) in [6.07, 6.45) is 2.93. The van der Waals surface area contributed by atoms with Crippen molar-refractivity contribution in [3.8, 4) is 0 Å². The molecule has 8 nitrogen and oxygen atoms in total. The lowest BCUT2D eigenvalue weighted by molar-refractivity contribution is -0.155. The molecule has 1 aromatic carbocycles. The maximum absolute atomic E-state index is 13.3. The zero-order chi connectivity index (χ0) is 25.6. The number of benzene rings is 1. The Bertz CT molecular complexity index is 1340. The molecule has 1 saturated heterocycles. The Kier molecular flexibility index (Phi) is 6.06. The first-order valence-corrected chi connectivity index (χ1v) is 12.5. The van der Waals surface area contributed by atoms with Crippen molar-refractivity contribution in [2.45, 2.75) is 71.7 Å². The van der Waals surface area contributed by atoms with Gasteiger partial charge >= 0.3 is 12.0 Å². The number of carbonyl (C=O) groups is 3. The van der Waals surface area contributed by atoms with Gasteiger partial charge in [-0.1, -0.05) is 24.3 Å². The molecular formula is C28H32N4O4. The number of imide groups is 1. The maximum atomic E-state index is 13.3. The molecule has 2 aliphatic rings. The van der Waals surface area contributed by atoms with Crippen molar-refractivity contribution in [2.75, 3.05) is 6.54 Å². The van der Waals surface area contributed by atoms with Crippen molar-refractivity contribution in [3.63, 3.8) is 0 Å². The van der Waals surface area contributed by atoms with Gasteiger partial charge in [-0.3, -0.25) is 19.5 Å². The Labute approximate surface area is 210 Å². The largest absolute Gasteiger partial charge is 0.460 e. The van der Waals surface area contributed by atoms with Crippen LogP contribution >= 0.6 is 0 Å². The molecule has 5 rings (SSSR count). The van der Waals surface area contributed by atoms with Crippen LogP contribution in [0, 0.1) is 6.92 Å². The van der Waals surface area contributed by atoms with Crippen molar-refractivity contribution in [1.29, 1.82) is 0 Å². The number of aryl methyl sites for hydroxylation is 1. The molecule has 0 spiro atoms. The van der Waals surface area contributed by atoms with Gasteiger partial charge in [-0.05, 0) is 57.4 Å². The average Bonchev–Trinajstić information content (AvgIpc) is 3.25. The van der Waals surface area contributed by atoms with E-state index in [0.717, 1.165) is 33.4 Å². The van der Waals surface area contributed by atoms with Crippen LogP contribution in [0.15, 0.2) is 42.6 Å². The standard InChI is InChI=1S/C28H32N4O4/c1-18-11-12-19(15-29-18)16-31-22-9-6-5-8-20(22)21-14-23-26(34)30(27(35)32(23)17-24(21)31)13-7-10-25(33)36-28(2,3)4/h5-6,8-9,11-12,15,23H,7,10,13-14,16-17H2,1-4H3/t23-/m0/s1. The summed E-state index contributed by atoms with van der Waals surface area (Å²) in [6.45, 7) is 8.65. The topological polar surface area (TPSA) is 84.7 Å². The highest BCUT2D eigenvalue weighted by Gasteiger charge is 2.48. The molecule has 0 radical (unpaired) electrons.